The molecule has 4 saturated heterocycles. The van der Waals surface area contributed by atoms with E-state index < -0.39 is 113 Å². The molecule has 25 heteroatoms. The minimum atomic E-state index is -3.92. The number of rotatable bonds is 11. The Bertz CT molecular complexity index is 2310. The van der Waals surface area contributed by atoms with E-state index in [0.717, 1.165) is 9.58 Å². The number of aliphatic carboxylic acids is 2. The topological polar surface area (TPSA) is 305 Å². The van der Waals surface area contributed by atoms with Crippen LogP contribution in [-0.4, -0.2) is 155 Å². The van der Waals surface area contributed by atoms with Crippen molar-refractivity contribution in [2.75, 3.05) is 26.2 Å². The van der Waals surface area contributed by atoms with E-state index >= 15 is 0 Å². The fourth-order valence-corrected chi connectivity index (χ4v) is 12.7. The first kappa shape index (κ1) is 48.1. The molecule has 5 aliphatic rings. The van der Waals surface area contributed by atoms with E-state index in [4.69, 9.17) is 4.74 Å². The molecule has 0 spiro atoms. The summed E-state index contributed by atoms with van der Waals surface area (Å²) in [7, 11) is -3.92. The summed E-state index contributed by atoms with van der Waals surface area (Å²) in [5, 5.41) is 32.0. The summed E-state index contributed by atoms with van der Waals surface area (Å²) in [6.07, 6.45) is 1.00. The fourth-order valence-electron chi connectivity index (χ4n) is 8.39. The normalized spacial score (nSPS) is 28.1. The number of amides is 6. The number of carbonyl (C=O) groups excluding carboxylic acids is 8. The van der Waals surface area contributed by atoms with Crippen molar-refractivity contribution in [2.45, 2.75) is 85.8 Å². The number of aromatic nitrogens is 3. The summed E-state index contributed by atoms with van der Waals surface area (Å²) >= 11 is 1.28. The molecule has 8 atom stereocenters. The van der Waals surface area contributed by atoms with E-state index in [1.807, 2.05) is 0 Å². The monoisotopic (exact) mass is 910 g/mol. The van der Waals surface area contributed by atoms with Gasteiger partial charge >= 0.3 is 59.3 Å². The number of carbonyl (C=O) groups is 9. The molecule has 0 bridgehead atoms. The second-order valence-corrected chi connectivity index (χ2v) is 20.0. The van der Waals surface area contributed by atoms with Gasteiger partial charge in [-0.05, 0) is 40.2 Å². The van der Waals surface area contributed by atoms with Crippen LogP contribution in [-0.2, 0) is 54.7 Å². The molecule has 5 fully saturated rings. The Hall–Kier alpha value is -4.91. The number of imide groups is 1. The summed E-state index contributed by atoms with van der Waals surface area (Å²) in [5.74, 6) is -9.38. The van der Waals surface area contributed by atoms with Crippen LogP contribution in [0.5, 0.6) is 0 Å². The van der Waals surface area contributed by atoms with Crippen molar-refractivity contribution in [3.05, 3.63) is 47.8 Å². The molecule has 1 aromatic heterocycles. The maximum absolute atomic E-state index is 13.3. The number of likely N-dealkylation sites (N-methyl/N-ethyl adjacent to an activating group) is 1. The molecule has 3 N–H and O–H groups in total. The van der Waals surface area contributed by atoms with Crippen LogP contribution in [0.2, 0.25) is 0 Å². The van der Waals surface area contributed by atoms with Gasteiger partial charge in [0.05, 0.1) is 29.3 Å². The predicted molar refractivity (Wildman–Crippen MR) is 206 cm³/mol. The molecule has 1 saturated carbocycles. The number of Topliss-reactive ketones (excluding diaryl/α,β-unsaturated/α-hetero) is 1. The van der Waals surface area contributed by atoms with E-state index in [0.29, 0.717) is 12.1 Å². The Balaban J connectivity index is 0.000000245. The second-order valence-electron chi connectivity index (χ2n) is 15.6. The minimum absolute atomic E-state index is 0. The summed E-state index contributed by atoms with van der Waals surface area (Å²) in [6.45, 7) is 8.33. The summed E-state index contributed by atoms with van der Waals surface area (Å²) in [5.41, 5.74) is 0.283. The van der Waals surface area contributed by atoms with Crippen LogP contribution in [0.25, 0.3) is 0 Å². The number of ketones is 1. The molecule has 328 valence electrons. The molecule has 1 aliphatic carbocycles. The van der Waals surface area contributed by atoms with Gasteiger partial charge in [-0.3, -0.25) is 33.6 Å². The Morgan fingerprint density at radius 1 is 1.03 bits per heavy atom. The zero-order chi connectivity index (χ0) is 44.9. The number of thioether (sulfide) groups is 1. The number of esters is 1. The van der Waals surface area contributed by atoms with Gasteiger partial charge in [0.25, 0.3) is 0 Å². The van der Waals surface area contributed by atoms with Gasteiger partial charge in [0.1, 0.15) is 29.3 Å². The number of hydrogen-bond donors (Lipinski definition) is 3. The number of ether oxygens (including phenoxy) is 1. The largest absolute Gasteiger partial charge is 1.00 e. The number of β-lactam (4-membered cyclic amide) rings is 1. The molecule has 2 aromatic rings. The minimum Gasteiger partial charge on any atom is -0.550 e. The van der Waals surface area contributed by atoms with Gasteiger partial charge < -0.3 is 40.2 Å². The molecular weight excluding hydrogens is 868 g/mol. The zero-order valence-electron chi connectivity index (χ0n) is 34.5. The molecule has 7 rings (SSSR count). The molecule has 6 amide bonds. The van der Waals surface area contributed by atoms with E-state index in [-0.39, 0.29) is 67.9 Å². The number of sulfone groups is 1. The number of nitrogens with zero attached hydrogens (tertiary/aromatic N) is 6. The first-order chi connectivity index (χ1) is 28.6. The smallest absolute Gasteiger partial charge is 0.550 e. The van der Waals surface area contributed by atoms with Gasteiger partial charge in [-0.25, -0.2) is 22.8 Å². The average Bonchev–Trinajstić information content (AvgIpc) is 3.81. The number of hydrogen-bond acceptors (Lipinski definition) is 16. The van der Waals surface area contributed by atoms with Crippen molar-refractivity contribution in [1.29, 1.82) is 0 Å². The Labute approximate surface area is 381 Å². The van der Waals surface area contributed by atoms with Crippen LogP contribution in [0, 0.1) is 11.8 Å². The molecule has 22 nitrogen and oxygen atoms in total. The van der Waals surface area contributed by atoms with Crippen molar-refractivity contribution in [2.24, 2.45) is 11.8 Å². The molecule has 1 aromatic carbocycles. The standard InChI is InChI=1S/C23H27N5O7S.C14H17N3O7S.Na/c1-4-26-10-11-27(19(32)18(26)31)22(35)25-13(12-8-6-5-7-9-12)16(29)24-14-17(30)28-15(21(33)34)23(2,3)36-20(14)28;1-3-24-13(21)7-5-17(16-15-7)6-14(2)11(12(19)20)10-8(18)4-9(10)25(14,22)23;/h5-9,13-15,20H,4,10-11H2,1-3H3,(H,24,29)(H,25,35)(H,33,34);5,9-11H,3-4,6H2,1-2H3,(H,19,20);/q;;+1/p-1/t13?,14-,15+,20-;9?,10?,11-,14-;/m10./s1. The Kier molecular flexibility index (Phi) is 14.0. The average molecular weight is 911 g/mol. The van der Waals surface area contributed by atoms with Crippen LogP contribution < -0.4 is 45.3 Å². The third-order valence-electron chi connectivity index (χ3n) is 11.6. The quantitative estimate of drug-likeness (QED) is 0.0821. The number of benzene rings is 1. The Morgan fingerprint density at radius 3 is 2.27 bits per heavy atom. The maximum Gasteiger partial charge on any atom is 1.00 e. The summed E-state index contributed by atoms with van der Waals surface area (Å²) in [4.78, 5) is 114. The third kappa shape index (κ3) is 8.33. The van der Waals surface area contributed by atoms with Crippen molar-refractivity contribution >= 4 is 75.0 Å². The van der Waals surface area contributed by atoms with Crippen LogP contribution in [0.15, 0.2) is 36.5 Å². The van der Waals surface area contributed by atoms with Gasteiger partial charge in [0.2, 0.25) is 11.8 Å². The number of urea groups is 1. The first-order valence-corrected chi connectivity index (χ1v) is 21.6. The van der Waals surface area contributed by atoms with Gasteiger partial charge in [-0.2, -0.15) is 0 Å². The van der Waals surface area contributed by atoms with Gasteiger partial charge in [-0.15, -0.1) is 16.9 Å². The van der Waals surface area contributed by atoms with Crippen molar-refractivity contribution in [1.82, 2.24) is 40.3 Å². The van der Waals surface area contributed by atoms with Crippen LogP contribution >= 0.6 is 11.8 Å². The van der Waals surface area contributed by atoms with Crippen LogP contribution in [0.3, 0.4) is 0 Å². The molecule has 62 heavy (non-hydrogen) atoms. The van der Waals surface area contributed by atoms with E-state index in [1.54, 1.807) is 58.0 Å². The first-order valence-electron chi connectivity index (χ1n) is 19.1. The SMILES string of the molecule is CCN1CCN(C(=O)NC(C(=O)N[C@@H]2C(=O)N3[C@@H]2SC(C)(C)[C@@H]3C(=O)O)c2ccccc2)C(=O)C1=O.CCOC(=O)c1cn(C[C@@]2(C)[C@H](C(=O)[O-])C3C(=O)CC3S2(=O)=O)nn1.[Na+]. The van der Waals surface area contributed by atoms with Gasteiger partial charge in [-0.1, -0.05) is 35.5 Å². The zero-order valence-corrected chi connectivity index (χ0v) is 38.1. The number of fused-ring (bicyclic) bond motifs is 2. The number of carboxylic acid groups (broad SMARTS) is 2. The van der Waals surface area contributed by atoms with E-state index in [9.17, 15) is 61.8 Å². The molecule has 0 radical (unpaired) electrons. The van der Waals surface area contributed by atoms with Crippen molar-refractivity contribution in [3.63, 3.8) is 0 Å². The number of piperazine rings is 1. The van der Waals surface area contributed by atoms with E-state index in [1.165, 1.54) is 34.7 Å². The van der Waals surface area contributed by atoms with Crippen molar-refractivity contribution in [3.8, 4) is 0 Å². The van der Waals surface area contributed by atoms with Crippen LogP contribution in [0.1, 0.15) is 63.1 Å². The number of carboxylic acids is 2. The third-order valence-corrected chi connectivity index (χ3v) is 16.1. The van der Waals surface area contributed by atoms with E-state index in [2.05, 4.69) is 20.9 Å². The summed E-state index contributed by atoms with van der Waals surface area (Å²) < 4.78 is 28.9. The molecule has 5 heterocycles. The molecular formula is C37H43N8NaO14S2. The second kappa shape index (κ2) is 18.1. The molecule has 4 aliphatic heterocycles. The summed E-state index contributed by atoms with van der Waals surface area (Å²) in [6, 6.07) is 4.11. The van der Waals surface area contributed by atoms with Crippen molar-refractivity contribution < 1.29 is 96.1 Å². The maximum atomic E-state index is 13.3. The molecule has 3 unspecified atom stereocenters. The Morgan fingerprint density at radius 2 is 1.69 bits per heavy atom. The van der Waals surface area contributed by atoms with Crippen LogP contribution in [0.4, 0.5) is 4.79 Å². The predicted octanol–water partition coefficient (Wildman–Crippen LogP) is -5.27. The van der Waals surface area contributed by atoms with Gasteiger partial charge in [0, 0.05) is 48.6 Å². The fraction of sp³-hybridized carbons (Fsp3) is 0.541. The van der Waals surface area contributed by atoms with Gasteiger partial charge in [0.15, 0.2) is 15.5 Å². The number of nitrogens with one attached hydrogen (secondary N) is 2.